The molecule has 0 bridgehead atoms. The summed E-state index contributed by atoms with van der Waals surface area (Å²) in [7, 11) is 1.55. The van der Waals surface area contributed by atoms with Crippen LogP contribution in [0.1, 0.15) is 49.9 Å². The number of carbonyl (C=O) groups is 1. The highest BCUT2D eigenvalue weighted by atomic mass is 16.5. The molecule has 2 aromatic carbocycles. The van der Waals surface area contributed by atoms with Crippen LogP contribution in [0, 0.1) is 0 Å². The van der Waals surface area contributed by atoms with Crippen LogP contribution in [-0.4, -0.2) is 24.1 Å². The molecule has 3 aromatic rings. The first-order chi connectivity index (χ1) is 12.9. The average molecular weight is 368 g/mol. The normalized spacial score (nSPS) is 11.2. The zero-order valence-corrected chi connectivity index (χ0v) is 16.2. The predicted octanol–water partition coefficient (Wildman–Crippen LogP) is 5.00. The van der Waals surface area contributed by atoms with E-state index in [-0.39, 0.29) is 17.9 Å². The molecule has 0 radical (unpaired) electrons. The van der Waals surface area contributed by atoms with Gasteiger partial charge in [-0.05, 0) is 50.2 Å². The third-order valence-electron chi connectivity index (χ3n) is 3.94. The third kappa shape index (κ3) is 4.22. The monoisotopic (exact) mass is 368 g/mol. The standard InChI is InChI=1S/C21H24N2O4/c1-12(2)21-23-16-11-15(7-9-17(16)27-21)22-20(24)14-6-8-18(26-13(3)4)19(10-14)25-5/h6-13H,1-5H3,(H,22,24). The molecule has 1 heterocycles. The van der Waals surface area contributed by atoms with Gasteiger partial charge in [-0.1, -0.05) is 13.8 Å². The summed E-state index contributed by atoms with van der Waals surface area (Å²) in [6, 6.07) is 10.5. The smallest absolute Gasteiger partial charge is 0.255 e. The van der Waals surface area contributed by atoms with Crippen LogP contribution in [0.25, 0.3) is 11.1 Å². The van der Waals surface area contributed by atoms with Gasteiger partial charge in [0, 0.05) is 17.2 Å². The molecular formula is C21H24N2O4. The first kappa shape index (κ1) is 18.8. The summed E-state index contributed by atoms with van der Waals surface area (Å²) in [4.78, 5) is 17.1. The molecule has 0 aliphatic heterocycles. The molecule has 0 saturated carbocycles. The van der Waals surface area contributed by atoms with Crippen molar-refractivity contribution in [1.29, 1.82) is 0 Å². The van der Waals surface area contributed by atoms with Crippen LogP contribution in [0.3, 0.4) is 0 Å². The lowest BCUT2D eigenvalue weighted by molar-refractivity contribution is 0.102. The van der Waals surface area contributed by atoms with Gasteiger partial charge < -0.3 is 19.2 Å². The van der Waals surface area contributed by atoms with Crippen molar-refractivity contribution in [2.45, 2.75) is 39.7 Å². The lowest BCUT2D eigenvalue weighted by atomic mass is 10.1. The van der Waals surface area contributed by atoms with Gasteiger partial charge in [0.2, 0.25) is 0 Å². The van der Waals surface area contributed by atoms with E-state index in [9.17, 15) is 4.79 Å². The third-order valence-corrected chi connectivity index (χ3v) is 3.94. The zero-order chi connectivity index (χ0) is 19.6. The number of nitrogens with one attached hydrogen (secondary N) is 1. The summed E-state index contributed by atoms with van der Waals surface area (Å²) in [6.07, 6.45) is 0.0171. The second-order valence-corrected chi connectivity index (χ2v) is 6.88. The van der Waals surface area contributed by atoms with Gasteiger partial charge in [-0.2, -0.15) is 0 Å². The molecule has 6 nitrogen and oxygen atoms in total. The highest BCUT2D eigenvalue weighted by Crippen LogP contribution is 2.29. The van der Waals surface area contributed by atoms with E-state index >= 15 is 0 Å². The maximum absolute atomic E-state index is 12.6. The Balaban J connectivity index is 1.81. The summed E-state index contributed by atoms with van der Waals surface area (Å²) < 4.78 is 16.7. The first-order valence-corrected chi connectivity index (χ1v) is 8.94. The van der Waals surface area contributed by atoms with E-state index in [1.54, 1.807) is 37.4 Å². The van der Waals surface area contributed by atoms with Gasteiger partial charge in [0.1, 0.15) is 5.52 Å². The number of carbonyl (C=O) groups excluding carboxylic acids is 1. The van der Waals surface area contributed by atoms with Crippen LogP contribution >= 0.6 is 0 Å². The number of rotatable bonds is 6. The van der Waals surface area contributed by atoms with Crippen LogP contribution in [0.4, 0.5) is 5.69 Å². The number of ether oxygens (including phenoxy) is 2. The summed E-state index contributed by atoms with van der Waals surface area (Å²) in [5, 5.41) is 2.88. The maximum Gasteiger partial charge on any atom is 0.255 e. The quantitative estimate of drug-likeness (QED) is 0.663. The molecule has 27 heavy (non-hydrogen) atoms. The zero-order valence-electron chi connectivity index (χ0n) is 16.2. The SMILES string of the molecule is COc1cc(C(=O)Nc2ccc3oc(C(C)C)nc3c2)ccc1OC(C)C. The van der Waals surface area contributed by atoms with Gasteiger partial charge in [-0.3, -0.25) is 4.79 Å². The van der Waals surface area contributed by atoms with E-state index in [0.29, 0.717) is 34.2 Å². The van der Waals surface area contributed by atoms with Gasteiger partial charge in [-0.25, -0.2) is 4.98 Å². The van der Waals surface area contributed by atoms with Crippen LogP contribution in [-0.2, 0) is 0 Å². The lowest BCUT2D eigenvalue weighted by Gasteiger charge is -2.14. The minimum atomic E-state index is -0.240. The fraction of sp³-hybridized carbons (Fsp3) is 0.333. The van der Waals surface area contributed by atoms with E-state index in [4.69, 9.17) is 13.9 Å². The molecule has 0 aliphatic carbocycles. The molecule has 6 heteroatoms. The second-order valence-electron chi connectivity index (χ2n) is 6.88. The molecule has 142 valence electrons. The van der Waals surface area contributed by atoms with Crippen molar-refractivity contribution in [3.05, 3.63) is 47.9 Å². The summed E-state index contributed by atoms with van der Waals surface area (Å²) in [5.74, 6) is 1.77. The number of hydrogen-bond donors (Lipinski definition) is 1. The van der Waals surface area contributed by atoms with Crippen LogP contribution in [0.15, 0.2) is 40.8 Å². The molecule has 1 N–H and O–H groups in total. The number of amides is 1. The fourth-order valence-electron chi connectivity index (χ4n) is 2.63. The van der Waals surface area contributed by atoms with Gasteiger partial charge in [0.15, 0.2) is 23.0 Å². The highest BCUT2D eigenvalue weighted by molar-refractivity contribution is 6.05. The fourth-order valence-corrected chi connectivity index (χ4v) is 2.63. The van der Waals surface area contributed by atoms with Crippen molar-refractivity contribution in [1.82, 2.24) is 4.98 Å². The number of oxazole rings is 1. The number of aromatic nitrogens is 1. The first-order valence-electron chi connectivity index (χ1n) is 8.94. The molecule has 0 fully saturated rings. The van der Waals surface area contributed by atoms with Gasteiger partial charge in [0.25, 0.3) is 5.91 Å². The maximum atomic E-state index is 12.6. The molecule has 0 spiro atoms. The van der Waals surface area contributed by atoms with E-state index in [0.717, 1.165) is 5.52 Å². The molecular weight excluding hydrogens is 344 g/mol. The Kier molecular flexibility index (Phi) is 5.35. The second kappa shape index (κ2) is 7.70. The molecule has 1 aromatic heterocycles. The lowest BCUT2D eigenvalue weighted by Crippen LogP contribution is -2.13. The Morgan fingerprint density at radius 2 is 1.85 bits per heavy atom. The number of anilines is 1. The van der Waals surface area contributed by atoms with Crippen molar-refractivity contribution in [2.24, 2.45) is 0 Å². The molecule has 0 saturated heterocycles. The Morgan fingerprint density at radius 1 is 1.07 bits per heavy atom. The minimum absolute atomic E-state index is 0.0171. The number of nitrogens with zero attached hydrogens (tertiary/aromatic N) is 1. The van der Waals surface area contributed by atoms with E-state index in [1.165, 1.54) is 0 Å². The van der Waals surface area contributed by atoms with Crippen LogP contribution < -0.4 is 14.8 Å². The van der Waals surface area contributed by atoms with E-state index < -0.39 is 0 Å². The largest absolute Gasteiger partial charge is 0.493 e. The highest BCUT2D eigenvalue weighted by Gasteiger charge is 2.14. The summed E-state index contributed by atoms with van der Waals surface area (Å²) in [6.45, 7) is 7.91. The Bertz CT molecular complexity index is 960. The van der Waals surface area contributed by atoms with Crippen LogP contribution in [0.5, 0.6) is 11.5 Å². The molecule has 0 atom stereocenters. The Morgan fingerprint density at radius 3 is 2.52 bits per heavy atom. The van der Waals surface area contributed by atoms with Gasteiger partial charge >= 0.3 is 0 Å². The molecule has 0 unspecified atom stereocenters. The molecule has 1 amide bonds. The van der Waals surface area contributed by atoms with Crippen molar-refractivity contribution in [3.8, 4) is 11.5 Å². The van der Waals surface area contributed by atoms with Crippen LogP contribution in [0.2, 0.25) is 0 Å². The Hall–Kier alpha value is -3.02. The summed E-state index contributed by atoms with van der Waals surface area (Å²) in [5.41, 5.74) is 2.55. The van der Waals surface area contributed by atoms with Crippen molar-refractivity contribution >= 4 is 22.7 Å². The van der Waals surface area contributed by atoms with E-state index in [1.807, 2.05) is 33.8 Å². The van der Waals surface area contributed by atoms with Gasteiger partial charge in [0.05, 0.1) is 13.2 Å². The molecule has 0 aliphatic rings. The van der Waals surface area contributed by atoms with E-state index in [2.05, 4.69) is 10.3 Å². The van der Waals surface area contributed by atoms with Gasteiger partial charge in [-0.15, -0.1) is 0 Å². The predicted molar refractivity (Wildman–Crippen MR) is 105 cm³/mol. The summed E-state index contributed by atoms with van der Waals surface area (Å²) >= 11 is 0. The number of fused-ring (bicyclic) bond motifs is 1. The number of benzene rings is 2. The topological polar surface area (TPSA) is 73.6 Å². The van der Waals surface area contributed by atoms with Crippen molar-refractivity contribution < 1.29 is 18.7 Å². The minimum Gasteiger partial charge on any atom is -0.493 e. The number of hydrogen-bond acceptors (Lipinski definition) is 5. The average Bonchev–Trinajstić information content (AvgIpc) is 3.05. The van der Waals surface area contributed by atoms with Crippen molar-refractivity contribution in [3.63, 3.8) is 0 Å². The Labute approximate surface area is 158 Å². The number of methoxy groups -OCH3 is 1. The molecule has 3 rings (SSSR count). The van der Waals surface area contributed by atoms with Crippen molar-refractivity contribution in [2.75, 3.05) is 12.4 Å².